The molecule has 21 heavy (non-hydrogen) atoms. The van der Waals surface area contributed by atoms with E-state index >= 15 is 0 Å². The van der Waals surface area contributed by atoms with E-state index in [-0.39, 0.29) is 32.1 Å². The molecule has 0 unspecified atom stereocenters. The minimum absolute atomic E-state index is 0. The first kappa shape index (κ1) is 30.8. The van der Waals surface area contributed by atoms with Crippen molar-refractivity contribution in [3.63, 3.8) is 0 Å². The Morgan fingerprint density at radius 2 is 1.00 bits per heavy atom. The van der Waals surface area contributed by atoms with Gasteiger partial charge in [0.05, 0.1) is 0 Å². The molecule has 3 radical (unpaired) electrons. The van der Waals surface area contributed by atoms with Gasteiger partial charge < -0.3 is 11.0 Å². The van der Waals surface area contributed by atoms with Gasteiger partial charge in [0.15, 0.2) is 0 Å². The fourth-order valence-electron chi connectivity index (χ4n) is 1.59. The van der Waals surface area contributed by atoms with Gasteiger partial charge in [0.25, 0.3) is 0 Å². The molecule has 0 spiro atoms. The van der Waals surface area contributed by atoms with Crippen molar-refractivity contribution in [3.8, 4) is 0 Å². The third kappa shape index (κ3) is 34.4. The molecule has 0 saturated heterocycles. The van der Waals surface area contributed by atoms with Gasteiger partial charge in [0, 0.05) is 0 Å². The number of hydrogen-bond donors (Lipinski definition) is 0. The first-order valence-electron chi connectivity index (χ1n) is 8.43. The summed E-state index contributed by atoms with van der Waals surface area (Å²) in [5, 5.41) is 0. The molecule has 0 aliphatic rings. The van der Waals surface area contributed by atoms with Gasteiger partial charge >= 0.3 is 148 Å². The largest absolute Gasteiger partial charge is 0.412 e. The molecule has 0 aromatic rings. The third-order valence-corrected chi connectivity index (χ3v) is 17.5. The van der Waals surface area contributed by atoms with Crippen LogP contribution >= 0.6 is 12.7 Å². The third-order valence-electron chi connectivity index (χ3n) is 3.02. The quantitative estimate of drug-likeness (QED) is 0.217. The molecule has 5 heteroatoms. The van der Waals surface area contributed by atoms with Crippen LogP contribution < -0.4 is 0 Å². The molecule has 131 valence electrons. The van der Waals surface area contributed by atoms with E-state index in [0.29, 0.717) is 0 Å². The standard InChI is InChI=1S/4C4H9.BrH.2H2O.2Sn/c4*1-3-4-2;;;;;/h4*1,3-4H2,2H3;1H;2*1H2;;/q;;;;;;;;+1/p-1. The van der Waals surface area contributed by atoms with Crippen LogP contribution in [-0.2, 0) is 0 Å². The normalized spacial score (nSPS) is 9.43. The maximum Gasteiger partial charge on any atom is -0.412 e. The van der Waals surface area contributed by atoms with Gasteiger partial charge in [0.2, 0.25) is 0 Å². The van der Waals surface area contributed by atoms with Crippen molar-refractivity contribution in [2.75, 3.05) is 0 Å². The van der Waals surface area contributed by atoms with Crippen LogP contribution in [0.25, 0.3) is 0 Å². The Balaban J connectivity index is -0.000000126. The zero-order valence-corrected chi connectivity index (χ0v) is 22.2. The van der Waals surface area contributed by atoms with Crippen LogP contribution in [0.5, 0.6) is 0 Å². The molecule has 0 saturated carbocycles. The maximum absolute atomic E-state index is 3.88. The van der Waals surface area contributed by atoms with Crippen LogP contribution in [0, 0.1) is 0 Å². The molecule has 0 aliphatic heterocycles. The summed E-state index contributed by atoms with van der Waals surface area (Å²) in [6.45, 7) is 9.14. The van der Waals surface area contributed by atoms with Crippen molar-refractivity contribution < 1.29 is 11.0 Å². The Hall–Kier alpha value is 2.00. The molecule has 0 aliphatic carbocycles. The van der Waals surface area contributed by atoms with Crippen LogP contribution in [0.15, 0.2) is 0 Å². The Bertz CT molecular complexity index is 138. The summed E-state index contributed by atoms with van der Waals surface area (Å²) in [7, 11) is 0. The molecule has 2 nitrogen and oxygen atoms in total. The van der Waals surface area contributed by atoms with E-state index in [2.05, 4.69) is 40.4 Å². The minimum Gasteiger partial charge on any atom is -0.412 e. The molecule has 0 heterocycles. The second-order valence-corrected chi connectivity index (χ2v) is 22.8. The smallest absolute Gasteiger partial charge is 0.412 e. The Kier molecular flexibility index (Phi) is 44.0. The van der Waals surface area contributed by atoms with Crippen LogP contribution in [0.2, 0.25) is 17.7 Å². The van der Waals surface area contributed by atoms with Crippen LogP contribution in [0.3, 0.4) is 0 Å². The van der Waals surface area contributed by atoms with Crippen LogP contribution in [0.4, 0.5) is 0 Å². The molecule has 0 atom stereocenters. The van der Waals surface area contributed by atoms with Gasteiger partial charge in [-0.2, -0.15) is 0 Å². The average Bonchev–Trinajstić information content (AvgIpc) is 2.43. The SMILES string of the molecule is CCC[CH2][Sn]([Br])[CH2]CCC.CCC[CH2][Sn][CH2]CCC.O.O. The molecule has 4 N–H and O–H groups in total. The Labute approximate surface area is 158 Å². The van der Waals surface area contributed by atoms with Gasteiger partial charge in [-0.3, -0.25) is 0 Å². The van der Waals surface area contributed by atoms with Gasteiger partial charge in [-0.15, -0.1) is 0 Å². The Morgan fingerprint density at radius 1 is 0.667 bits per heavy atom. The number of unbranched alkanes of at least 4 members (excludes halogenated alkanes) is 4. The van der Waals surface area contributed by atoms with Gasteiger partial charge in [-0.25, -0.2) is 0 Å². The topological polar surface area (TPSA) is 63.0 Å². The zero-order chi connectivity index (χ0) is 14.8. The first-order chi connectivity index (χ1) is 9.22. The summed E-state index contributed by atoms with van der Waals surface area (Å²) in [4.78, 5) is 0. The predicted molar refractivity (Wildman–Crippen MR) is 107 cm³/mol. The summed E-state index contributed by atoms with van der Waals surface area (Å²) in [6.07, 6.45) is 11.5. The molecule has 0 aromatic carbocycles. The average molecular weight is 582 g/mol. The van der Waals surface area contributed by atoms with E-state index in [1.807, 2.05) is 0 Å². The van der Waals surface area contributed by atoms with Crippen molar-refractivity contribution in [1.82, 2.24) is 0 Å². The van der Waals surface area contributed by atoms with E-state index in [4.69, 9.17) is 0 Å². The molecule has 0 bridgehead atoms. The van der Waals surface area contributed by atoms with Gasteiger partial charge in [0.1, 0.15) is 0 Å². The summed E-state index contributed by atoms with van der Waals surface area (Å²) in [5.74, 6) is 0. The fourth-order valence-corrected chi connectivity index (χ4v) is 14.4. The van der Waals surface area contributed by atoms with Crippen molar-refractivity contribution in [2.24, 2.45) is 0 Å². The number of halogens is 1. The predicted octanol–water partition coefficient (Wildman–Crippen LogP) is 5.45. The summed E-state index contributed by atoms with van der Waals surface area (Å²) in [6, 6.07) is 0. The molecule has 0 amide bonds. The first-order valence-corrected chi connectivity index (χ1v) is 22.9. The van der Waals surface area contributed by atoms with Crippen molar-refractivity contribution >= 4 is 51.4 Å². The summed E-state index contributed by atoms with van der Waals surface area (Å²) < 4.78 is 6.36. The molecular formula is C16H40BrO2Sn2. The van der Waals surface area contributed by atoms with Gasteiger partial charge in [-0.05, 0) is 0 Å². The van der Waals surface area contributed by atoms with E-state index in [9.17, 15) is 0 Å². The fraction of sp³-hybridized carbons (Fsp3) is 1.00. The Morgan fingerprint density at radius 3 is 1.29 bits per heavy atom. The van der Waals surface area contributed by atoms with E-state index in [0.717, 1.165) is 0 Å². The second-order valence-electron chi connectivity index (χ2n) is 5.18. The van der Waals surface area contributed by atoms with Crippen molar-refractivity contribution in [1.29, 1.82) is 0 Å². The van der Waals surface area contributed by atoms with Crippen LogP contribution in [0.1, 0.15) is 79.1 Å². The molecule has 0 fully saturated rings. The van der Waals surface area contributed by atoms with Crippen molar-refractivity contribution in [3.05, 3.63) is 0 Å². The van der Waals surface area contributed by atoms with Gasteiger partial charge in [-0.1, -0.05) is 0 Å². The minimum atomic E-state index is -0.928. The van der Waals surface area contributed by atoms with E-state index < -0.39 is 17.5 Å². The number of rotatable bonds is 12. The monoisotopic (exact) mass is 583 g/mol. The van der Waals surface area contributed by atoms with E-state index in [1.165, 1.54) is 51.4 Å². The molecule has 0 aromatic heterocycles. The number of hydrogen-bond acceptors (Lipinski definition) is 0. The molecule has 0 rings (SSSR count). The van der Waals surface area contributed by atoms with Crippen molar-refractivity contribution in [2.45, 2.75) is 96.8 Å². The summed E-state index contributed by atoms with van der Waals surface area (Å²) >= 11 is 3.10. The molecular weight excluding hydrogens is 542 g/mol. The maximum atomic E-state index is 3.88. The summed E-state index contributed by atoms with van der Waals surface area (Å²) in [5.41, 5.74) is 0. The van der Waals surface area contributed by atoms with E-state index in [1.54, 1.807) is 17.7 Å². The zero-order valence-electron chi connectivity index (χ0n) is 14.9. The second kappa shape index (κ2) is 29.9. The van der Waals surface area contributed by atoms with Crippen LogP contribution in [-0.4, -0.2) is 49.6 Å².